The topological polar surface area (TPSA) is 111 Å². The highest BCUT2D eigenvalue weighted by Gasteiger charge is 2.36. The zero-order chi connectivity index (χ0) is 25.4. The number of fused-ring (bicyclic) bond motifs is 1. The average Bonchev–Trinajstić information content (AvgIpc) is 3.52. The molecule has 1 aliphatic carbocycles. The fraction of sp³-hybridized carbons (Fsp3) is 0.222. The third kappa shape index (κ3) is 4.31. The molecule has 10 heteroatoms. The number of amides is 1. The fourth-order valence-electron chi connectivity index (χ4n) is 4.65. The van der Waals surface area contributed by atoms with Gasteiger partial charge in [-0.2, -0.15) is 0 Å². The van der Waals surface area contributed by atoms with Crippen LogP contribution >= 0.6 is 0 Å². The van der Waals surface area contributed by atoms with Crippen LogP contribution in [0.5, 0.6) is 5.75 Å². The van der Waals surface area contributed by atoms with Gasteiger partial charge in [0.05, 0.1) is 29.5 Å². The van der Waals surface area contributed by atoms with Gasteiger partial charge in [-0.3, -0.25) is 14.3 Å². The molecule has 5 aromatic rings. The Morgan fingerprint density at radius 2 is 2.00 bits per heavy atom. The first-order valence-corrected chi connectivity index (χ1v) is 12.1. The molecule has 0 unspecified atom stereocenters. The normalized spacial score (nSPS) is 16.9. The van der Waals surface area contributed by atoms with E-state index in [4.69, 9.17) is 4.74 Å². The van der Waals surface area contributed by atoms with Crippen LogP contribution in [0.15, 0.2) is 67.0 Å². The number of H-pyrrole nitrogens is 1. The molecule has 2 N–H and O–H groups in total. The Bertz CT molecular complexity index is 1540. The molecule has 0 saturated heterocycles. The highest BCUT2D eigenvalue weighted by Crippen LogP contribution is 2.39. The number of rotatable bonds is 7. The van der Waals surface area contributed by atoms with Crippen LogP contribution in [0.4, 0.5) is 4.39 Å². The van der Waals surface area contributed by atoms with Crippen molar-refractivity contribution in [3.63, 3.8) is 0 Å². The maximum atomic E-state index is 14.9. The predicted octanol–water partition coefficient (Wildman–Crippen LogP) is 4.42. The summed E-state index contributed by atoms with van der Waals surface area (Å²) in [7, 11) is 0. The SMILES string of the molecule is CCOc1ccc(-c2nnc(C3CC(NC(=O)c4cc5ncccc5[nH]4)C3)n2-c2ccccc2F)nc1. The minimum absolute atomic E-state index is 0.00163. The number of nitrogens with zero attached hydrogens (tertiary/aromatic N) is 5. The summed E-state index contributed by atoms with van der Waals surface area (Å²) >= 11 is 0. The van der Waals surface area contributed by atoms with E-state index in [-0.39, 0.29) is 23.7 Å². The second kappa shape index (κ2) is 9.45. The zero-order valence-corrected chi connectivity index (χ0v) is 20.1. The van der Waals surface area contributed by atoms with Crippen molar-refractivity contribution in [3.8, 4) is 23.0 Å². The Kier molecular flexibility index (Phi) is 5.84. The van der Waals surface area contributed by atoms with Gasteiger partial charge >= 0.3 is 0 Å². The van der Waals surface area contributed by atoms with E-state index in [0.29, 0.717) is 53.9 Å². The molecule has 186 valence electrons. The van der Waals surface area contributed by atoms with Crippen molar-refractivity contribution in [3.05, 3.63) is 84.3 Å². The van der Waals surface area contributed by atoms with Gasteiger partial charge in [-0.1, -0.05) is 12.1 Å². The molecule has 0 bridgehead atoms. The Balaban J connectivity index is 1.24. The number of aromatic nitrogens is 6. The summed E-state index contributed by atoms with van der Waals surface area (Å²) in [6.07, 6.45) is 4.63. The third-order valence-electron chi connectivity index (χ3n) is 6.53. The van der Waals surface area contributed by atoms with Crippen molar-refractivity contribution < 1.29 is 13.9 Å². The number of halogens is 1. The quantitative estimate of drug-likeness (QED) is 0.344. The monoisotopic (exact) mass is 497 g/mol. The average molecular weight is 498 g/mol. The molecule has 1 aliphatic rings. The first-order chi connectivity index (χ1) is 18.1. The maximum absolute atomic E-state index is 14.9. The van der Waals surface area contributed by atoms with Crippen LogP contribution in [0, 0.1) is 5.82 Å². The molecule has 1 amide bonds. The number of para-hydroxylation sites is 1. The number of hydrogen-bond acceptors (Lipinski definition) is 6. The molecule has 4 heterocycles. The van der Waals surface area contributed by atoms with Crippen molar-refractivity contribution in [2.75, 3.05) is 6.61 Å². The van der Waals surface area contributed by atoms with E-state index >= 15 is 0 Å². The molecule has 1 saturated carbocycles. The molecule has 0 radical (unpaired) electrons. The molecular formula is C27H24FN7O2. The van der Waals surface area contributed by atoms with Crippen LogP contribution in [0.25, 0.3) is 28.2 Å². The largest absolute Gasteiger partial charge is 0.492 e. The van der Waals surface area contributed by atoms with Gasteiger partial charge in [0.15, 0.2) is 5.82 Å². The molecular weight excluding hydrogens is 473 g/mol. The van der Waals surface area contributed by atoms with E-state index < -0.39 is 0 Å². The van der Waals surface area contributed by atoms with Crippen molar-refractivity contribution in [1.82, 2.24) is 35.0 Å². The third-order valence-corrected chi connectivity index (χ3v) is 6.53. The first-order valence-electron chi connectivity index (χ1n) is 12.1. The molecule has 4 aromatic heterocycles. The van der Waals surface area contributed by atoms with E-state index in [1.165, 1.54) is 6.07 Å². The number of carbonyl (C=O) groups is 1. The summed E-state index contributed by atoms with van der Waals surface area (Å²) in [4.78, 5) is 24.6. The molecule has 6 rings (SSSR count). The number of benzene rings is 1. The van der Waals surface area contributed by atoms with E-state index in [0.717, 1.165) is 11.0 Å². The Morgan fingerprint density at radius 1 is 1.14 bits per heavy atom. The van der Waals surface area contributed by atoms with Crippen molar-refractivity contribution in [2.24, 2.45) is 0 Å². The standard InChI is InChI=1S/C27H24FN7O2/c1-2-37-18-9-10-21(30-15-18)26-34-33-25(35(26)24-8-4-3-6-19(24)28)16-12-17(13-16)31-27(36)23-14-22-20(32-23)7-5-11-29-22/h3-11,14-17,32H,2,12-13H2,1H3,(H,31,36). The van der Waals surface area contributed by atoms with Crippen LogP contribution in [0.3, 0.4) is 0 Å². The summed E-state index contributed by atoms with van der Waals surface area (Å²) in [6.45, 7) is 2.44. The fourth-order valence-corrected chi connectivity index (χ4v) is 4.65. The Morgan fingerprint density at radius 3 is 2.76 bits per heavy atom. The Hall–Kier alpha value is -4.60. The van der Waals surface area contributed by atoms with Gasteiger partial charge in [0.25, 0.3) is 5.91 Å². The molecule has 1 fully saturated rings. The van der Waals surface area contributed by atoms with Crippen LogP contribution in [0.2, 0.25) is 0 Å². The highest BCUT2D eigenvalue weighted by molar-refractivity contribution is 5.97. The smallest absolute Gasteiger partial charge is 0.268 e. The van der Waals surface area contributed by atoms with Crippen LogP contribution in [-0.2, 0) is 0 Å². The van der Waals surface area contributed by atoms with Crippen LogP contribution < -0.4 is 10.1 Å². The molecule has 0 spiro atoms. The number of pyridine rings is 2. The van der Waals surface area contributed by atoms with Gasteiger partial charge in [0.1, 0.15) is 28.8 Å². The van der Waals surface area contributed by atoms with Gasteiger partial charge in [-0.25, -0.2) is 9.37 Å². The van der Waals surface area contributed by atoms with E-state index in [2.05, 4.69) is 30.5 Å². The number of hydrogen-bond donors (Lipinski definition) is 2. The summed E-state index contributed by atoms with van der Waals surface area (Å²) in [5.41, 5.74) is 2.93. The minimum atomic E-state index is -0.382. The Labute approximate surface area is 211 Å². The van der Waals surface area contributed by atoms with E-state index in [1.54, 1.807) is 53.4 Å². The van der Waals surface area contributed by atoms with E-state index in [9.17, 15) is 9.18 Å². The molecule has 37 heavy (non-hydrogen) atoms. The van der Waals surface area contributed by atoms with Crippen molar-refractivity contribution in [2.45, 2.75) is 31.7 Å². The van der Waals surface area contributed by atoms with Gasteiger partial charge in [-0.05, 0) is 62.2 Å². The first kappa shape index (κ1) is 22.8. The molecule has 0 aliphatic heterocycles. The van der Waals surface area contributed by atoms with Crippen molar-refractivity contribution in [1.29, 1.82) is 0 Å². The predicted molar refractivity (Wildman–Crippen MR) is 135 cm³/mol. The second-order valence-electron chi connectivity index (χ2n) is 8.94. The lowest BCUT2D eigenvalue weighted by Crippen LogP contribution is -2.44. The zero-order valence-electron chi connectivity index (χ0n) is 20.1. The van der Waals surface area contributed by atoms with Gasteiger partial charge in [0, 0.05) is 18.2 Å². The number of carbonyl (C=O) groups excluding carboxylic acids is 1. The molecule has 9 nitrogen and oxygen atoms in total. The van der Waals surface area contributed by atoms with E-state index in [1.807, 2.05) is 19.1 Å². The number of nitrogens with one attached hydrogen (secondary N) is 2. The summed E-state index contributed by atoms with van der Waals surface area (Å²) in [5.74, 6) is 1.16. The van der Waals surface area contributed by atoms with Gasteiger partial charge < -0.3 is 15.0 Å². The lowest BCUT2D eigenvalue weighted by atomic mass is 9.79. The minimum Gasteiger partial charge on any atom is -0.492 e. The highest BCUT2D eigenvalue weighted by atomic mass is 19.1. The van der Waals surface area contributed by atoms with Crippen molar-refractivity contribution >= 4 is 16.9 Å². The molecule has 1 aromatic carbocycles. The van der Waals surface area contributed by atoms with Crippen LogP contribution in [0.1, 0.15) is 42.0 Å². The molecule has 0 atom stereocenters. The number of aromatic amines is 1. The second-order valence-corrected chi connectivity index (χ2v) is 8.94. The summed E-state index contributed by atoms with van der Waals surface area (Å²) in [6, 6.07) is 15.5. The summed E-state index contributed by atoms with van der Waals surface area (Å²) < 4.78 is 22.1. The van der Waals surface area contributed by atoms with Gasteiger partial charge in [0.2, 0.25) is 0 Å². The summed E-state index contributed by atoms with van der Waals surface area (Å²) in [5, 5.41) is 11.9. The van der Waals surface area contributed by atoms with Crippen LogP contribution in [-0.4, -0.2) is 48.3 Å². The lowest BCUT2D eigenvalue weighted by Gasteiger charge is -2.35. The number of ether oxygens (including phenoxy) is 1. The lowest BCUT2D eigenvalue weighted by molar-refractivity contribution is 0.0903. The van der Waals surface area contributed by atoms with Gasteiger partial charge in [-0.15, -0.1) is 10.2 Å². The maximum Gasteiger partial charge on any atom is 0.268 e.